The van der Waals surface area contributed by atoms with Gasteiger partial charge < -0.3 is 0 Å². The molecule has 5 rings (SSSR count). The molecule has 0 aromatic heterocycles. The molecule has 4 fully saturated rings. The van der Waals surface area contributed by atoms with Crippen LogP contribution >= 0.6 is 0 Å². The van der Waals surface area contributed by atoms with Crippen LogP contribution in [0.5, 0.6) is 0 Å². The van der Waals surface area contributed by atoms with Gasteiger partial charge in [-0.25, -0.2) is 8.42 Å². The first-order valence-electron chi connectivity index (χ1n) is 8.79. The Morgan fingerprint density at radius 3 is 2.05 bits per heavy atom. The van der Waals surface area contributed by atoms with Crippen molar-refractivity contribution in [2.75, 3.05) is 5.75 Å². The van der Waals surface area contributed by atoms with Gasteiger partial charge in [-0.15, -0.1) is 0 Å². The van der Waals surface area contributed by atoms with Crippen molar-refractivity contribution in [1.29, 1.82) is 0 Å². The molecule has 0 N–H and O–H groups in total. The highest BCUT2D eigenvalue weighted by Crippen LogP contribution is 2.57. The van der Waals surface area contributed by atoms with E-state index >= 15 is 0 Å². The van der Waals surface area contributed by atoms with Crippen molar-refractivity contribution >= 4 is 9.84 Å². The lowest BCUT2D eigenvalue weighted by Gasteiger charge is -2.54. The minimum atomic E-state index is -3.06. The highest BCUT2D eigenvalue weighted by molar-refractivity contribution is 7.91. The molecule has 0 spiro atoms. The molecule has 0 unspecified atom stereocenters. The molecule has 1 aromatic rings. The molecule has 0 heterocycles. The number of rotatable bonds is 4. The Bertz CT molecular complexity index is 607. The van der Waals surface area contributed by atoms with Crippen LogP contribution < -0.4 is 0 Å². The molecule has 4 aliphatic rings. The normalized spacial score (nSPS) is 38.1. The van der Waals surface area contributed by atoms with Gasteiger partial charge >= 0.3 is 0 Å². The second-order valence-electron chi connectivity index (χ2n) is 7.98. The molecule has 0 amide bonds. The average Bonchev–Trinajstić information content (AvgIpc) is 2.50. The van der Waals surface area contributed by atoms with E-state index in [1.165, 1.54) is 32.1 Å². The van der Waals surface area contributed by atoms with Crippen LogP contribution in [-0.4, -0.2) is 14.2 Å². The largest absolute Gasteiger partial charge is 0.228 e. The Labute approximate surface area is 134 Å². The number of sulfone groups is 1. The van der Waals surface area contributed by atoms with Crippen molar-refractivity contribution in [2.45, 2.75) is 44.3 Å². The van der Waals surface area contributed by atoms with Crippen LogP contribution in [0.1, 0.15) is 49.8 Å². The standard InChI is InChI=1S/C19H26O2S/c1-13(16-5-3-2-4-6-16)22(20,21)12-19-17-8-14-7-15(10-17)11-18(19)9-14/h2-6,13-15,17-19H,7-12H2,1H3/t13-,14?,15?,17?,18?,19?/m0/s1. The lowest BCUT2D eigenvalue weighted by molar-refractivity contribution is -0.0268. The fourth-order valence-electron chi connectivity index (χ4n) is 5.65. The Morgan fingerprint density at radius 1 is 0.955 bits per heavy atom. The molecule has 120 valence electrons. The zero-order chi connectivity index (χ0) is 15.3. The summed E-state index contributed by atoms with van der Waals surface area (Å²) in [5.41, 5.74) is 0.936. The molecule has 0 aliphatic heterocycles. The predicted octanol–water partition coefficient (Wildman–Crippen LogP) is 4.23. The average molecular weight is 318 g/mol. The van der Waals surface area contributed by atoms with Gasteiger partial charge in [0.25, 0.3) is 0 Å². The molecule has 0 radical (unpaired) electrons. The highest BCUT2D eigenvalue weighted by atomic mass is 32.2. The topological polar surface area (TPSA) is 34.1 Å². The minimum absolute atomic E-state index is 0.370. The molecule has 4 aliphatic carbocycles. The van der Waals surface area contributed by atoms with E-state index in [0.29, 0.717) is 23.5 Å². The Hall–Kier alpha value is -0.830. The summed E-state index contributed by atoms with van der Waals surface area (Å²) in [5.74, 6) is 4.05. The van der Waals surface area contributed by atoms with E-state index in [1.54, 1.807) is 0 Å². The second kappa shape index (κ2) is 5.36. The zero-order valence-corrected chi connectivity index (χ0v) is 14.1. The number of hydrogen-bond donors (Lipinski definition) is 0. The fraction of sp³-hybridized carbons (Fsp3) is 0.684. The van der Waals surface area contributed by atoms with Gasteiger partial charge in [0.1, 0.15) is 0 Å². The van der Waals surface area contributed by atoms with Gasteiger partial charge in [0.2, 0.25) is 0 Å². The lowest BCUT2D eigenvalue weighted by atomic mass is 9.52. The molecule has 3 heteroatoms. The van der Waals surface area contributed by atoms with Gasteiger partial charge in [-0.05, 0) is 74.2 Å². The van der Waals surface area contributed by atoms with E-state index in [9.17, 15) is 8.42 Å². The highest BCUT2D eigenvalue weighted by Gasteiger charge is 2.49. The quantitative estimate of drug-likeness (QED) is 0.832. The van der Waals surface area contributed by atoms with Crippen molar-refractivity contribution in [2.24, 2.45) is 29.6 Å². The van der Waals surface area contributed by atoms with Crippen LogP contribution in [0.3, 0.4) is 0 Å². The summed E-state index contributed by atoms with van der Waals surface area (Å²) in [5, 5.41) is -0.370. The lowest BCUT2D eigenvalue weighted by Crippen LogP contribution is -2.47. The number of hydrogen-bond acceptors (Lipinski definition) is 2. The Morgan fingerprint density at radius 2 is 1.50 bits per heavy atom. The third-order valence-corrected chi connectivity index (χ3v) is 8.85. The van der Waals surface area contributed by atoms with Crippen LogP contribution in [-0.2, 0) is 9.84 Å². The first-order chi connectivity index (χ1) is 10.5. The second-order valence-corrected chi connectivity index (χ2v) is 10.3. The third kappa shape index (κ3) is 2.51. The van der Waals surface area contributed by atoms with Crippen molar-refractivity contribution < 1.29 is 8.42 Å². The van der Waals surface area contributed by atoms with Crippen LogP contribution in [0.25, 0.3) is 0 Å². The third-order valence-electron chi connectivity index (χ3n) is 6.65. The van der Waals surface area contributed by atoms with Gasteiger partial charge in [0.15, 0.2) is 9.84 Å². The Kier molecular flexibility index (Phi) is 3.60. The van der Waals surface area contributed by atoms with Gasteiger partial charge in [-0.3, -0.25) is 0 Å². The van der Waals surface area contributed by atoms with Gasteiger partial charge in [0.05, 0.1) is 11.0 Å². The van der Waals surface area contributed by atoms with Gasteiger partial charge in [-0.2, -0.15) is 0 Å². The first kappa shape index (κ1) is 14.7. The van der Waals surface area contributed by atoms with E-state index in [1.807, 2.05) is 37.3 Å². The summed E-state index contributed by atoms with van der Waals surface area (Å²) < 4.78 is 25.8. The first-order valence-corrected chi connectivity index (χ1v) is 10.5. The molecule has 4 saturated carbocycles. The van der Waals surface area contributed by atoms with Crippen molar-refractivity contribution in [3.05, 3.63) is 35.9 Å². The predicted molar refractivity (Wildman–Crippen MR) is 89.2 cm³/mol. The zero-order valence-electron chi connectivity index (χ0n) is 13.3. The maximum absolute atomic E-state index is 12.9. The maximum Gasteiger partial charge on any atom is 0.157 e. The van der Waals surface area contributed by atoms with Gasteiger partial charge in [-0.1, -0.05) is 30.3 Å². The van der Waals surface area contributed by atoms with Crippen LogP contribution in [0, 0.1) is 29.6 Å². The van der Waals surface area contributed by atoms with Crippen molar-refractivity contribution in [3.8, 4) is 0 Å². The van der Waals surface area contributed by atoms with Crippen molar-refractivity contribution in [1.82, 2.24) is 0 Å². The SMILES string of the molecule is C[C@@H](c1ccccc1)S(=O)(=O)CC1C2CC3CC(C2)CC1C3. The molecular formula is C19H26O2S. The van der Waals surface area contributed by atoms with E-state index in [4.69, 9.17) is 0 Å². The monoisotopic (exact) mass is 318 g/mol. The van der Waals surface area contributed by atoms with Gasteiger partial charge in [0, 0.05) is 0 Å². The fourth-order valence-corrected chi connectivity index (χ4v) is 7.60. The summed E-state index contributed by atoms with van der Waals surface area (Å²) in [7, 11) is -3.06. The molecule has 1 aromatic carbocycles. The van der Waals surface area contributed by atoms with E-state index < -0.39 is 9.84 Å². The maximum atomic E-state index is 12.9. The summed E-state index contributed by atoms with van der Waals surface area (Å²) in [6.07, 6.45) is 6.62. The molecule has 0 saturated heterocycles. The smallest absolute Gasteiger partial charge is 0.157 e. The van der Waals surface area contributed by atoms with Crippen LogP contribution in [0.4, 0.5) is 0 Å². The summed E-state index contributed by atoms with van der Waals surface area (Å²) in [4.78, 5) is 0. The molecule has 2 nitrogen and oxygen atoms in total. The van der Waals surface area contributed by atoms with Crippen LogP contribution in [0.15, 0.2) is 30.3 Å². The van der Waals surface area contributed by atoms with E-state index in [2.05, 4.69) is 0 Å². The van der Waals surface area contributed by atoms with Crippen molar-refractivity contribution in [3.63, 3.8) is 0 Å². The minimum Gasteiger partial charge on any atom is -0.228 e. The summed E-state index contributed by atoms with van der Waals surface area (Å²) in [6.45, 7) is 1.86. The number of benzene rings is 1. The summed E-state index contributed by atoms with van der Waals surface area (Å²) in [6, 6.07) is 9.70. The molecule has 4 bridgehead atoms. The molecular weight excluding hydrogens is 292 g/mol. The van der Waals surface area contributed by atoms with E-state index in [-0.39, 0.29) is 5.25 Å². The van der Waals surface area contributed by atoms with E-state index in [0.717, 1.165) is 17.4 Å². The molecule has 1 atom stereocenters. The molecule has 22 heavy (non-hydrogen) atoms. The summed E-state index contributed by atoms with van der Waals surface area (Å²) >= 11 is 0. The van der Waals surface area contributed by atoms with Crippen LogP contribution in [0.2, 0.25) is 0 Å². The Balaban J connectivity index is 1.53.